The van der Waals surface area contributed by atoms with Crippen molar-refractivity contribution in [2.75, 3.05) is 44.7 Å². The van der Waals surface area contributed by atoms with Crippen LogP contribution in [0.25, 0.3) is 0 Å². The first-order chi connectivity index (χ1) is 11.9. The molecule has 1 aliphatic heterocycles. The second-order valence-electron chi connectivity index (χ2n) is 6.55. The van der Waals surface area contributed by atoms with Gasteiger partial charge in [0.05, 0.1) is 18.8 Å². The zero-order valence-electron chi connectivity index (χ0n) is 14.9. The zero-order chi connectivity index (χ0) is 18.3. The fourth-order valence-electron chi connectivity index (χ4n) is 2.66. The monoisotopic (exact) mass is 349 g/mol. The molecule has 1 fully saturated rings. The van der Waals surface area contributed by atoms with Gasteiger partial charge in [0.15, 0.2) is 0 Å². The molecule has 25 heavy (non-hydrogen) atoms. The number of amides is 2. The van der Waals surface area contributed by atoms with Crippen molar-refractivity contribution in [3.63, 3.8) is 0 Å². The number of anilines is 1. The Morgan fingerprint density at radius 3 is 2.72 bits per heavy atom. The fraction of sp³-hybridized carbons (Fsp3) is 0.556. The lowest BCUT2D eigenvalue weighted by Gasteiger charge is -2.33. The van der Waals surface area contributed by atoms with Crippen LogP contribution in [-0.4, -0.2) is 66.8 Å². The number of ether oxygens (including phenoxy) is 1. The van der Waals surface area contributed by atoms with E-state index in [4.69, 9.17) is 4.74 Å². The van der Waals surface area contributed by atoms with Crippen molar-refractivity contribution in [1.29, 1.82) is 0 Å². The number of aliphatic hydroxyl groups is 1. The maximum absolute atomic E-state index is 12.3. The third-order valence-electron chi connectivity index (χ3n) is 4.03. The van der Waals surface area contributed by atoms with E-state index in [0.717, 1.165) is 13.1 Å². The highest BCUT2D eigenvalue weighted by Crippen LogP contribution is 2.12. The van der Waals surface area contributed by atoms with E-state index in [0.29, 0.717) is 37.4 Å². The van der Waals surface area contributed by atoms with Crippen LogP contribution in [0, 0.1) is 0 Å². The average molecular weight is 349 g/mol. The van der Waals surface area contributed by atoms with Gasteiger partial charge in [0.2, 0.25) is 5.91 Å². The van der Waals surface area contributed by atoms with Crippen LogP contribution in [0.3, 0.4) is 0 Å². The SMILES string of the molecule is CCC(=O)Nc1cccc(C(=O)NCC(C)(O)CN2CCOCC2)c1. The summed E-state index contributed by atoms with van der Waals surface area (Å²) in [4.78, 5) is 25.9. The van der Waals surface area contributed by atoms with Crippen LogP contribution in [0.1, 0.15) is 30.6 Å². The Bertz CT molecular complexity index is 598. The third-order valence-corrected chi connectivity index (χ3v) is 4.03. The number of β-amino-alcohol motifs (C(OH)–C–C–N with tert-alkyl or cyclic N) is 1. The van der Waals surface area contributed by atoms with Gasteiger partial charge in [-0.25, -0.2) is 0 Å². The summed E-state index contributed by atoms with van der Waals surface area (Å²) in [5.74, 6) is -0.388. The van der Waals surface area contributed by atoms with Gasteiger partial charge in [0, 0.05) is 43.9 Å². The summed E-state index contributed by atoms with van der Waals surface area (Å²) in [6.07, 6.45) is 0.376. The van der Waals surface area contributed by atoms with E-state index in [9.17, 15) is 14.7 Å². The predicted molar refractivity (Wildman–Crippen MR) is 95.6 cm³/mol. The molecule has 1 atom stereocenters. The molecule has 7 nitrogen and oxygen atoms in total. The minimum Gasteiger partial charge on any atom is -0.387 e. The van der Waals surface area contributed by atoms with Gasteiger partial charge in [-0.2, -0.15) is 0 Å². The Morgan fingerprint density at radius 1 is 1.32 bits per heavy atom. The summed E-state index contributed by atoms with van der Waals surface area (Å²) in [5, 5.41) is 16.0. The van der Waals surface area contributed by atoms with Crippen LogP contribution in [0.15, 0.2) is 24.3 Å². The van der Waals surface area contributed by atoms with Gasteiger partial charge in [-0.1, -0.05) is 13.0 Å². The number of benzene rings is 1. The summed E-state index contributed by atoms with van der Waals surface area (Å²) in [5.41, 5.74) is -0.00300. The Kier molecular flexibility index (Phi) is 6.92. The van der Waals surface area contributed by atoms with Crippen LogP contribution < -0.4 is 10.6 Å². The minimum absolute atomic E-state index is 0.106. The van der Waals surface area contributed by atoms with Crippen molar-refractivity contribution >= 4 is 17.5 Å². The summed E-state index contributed by atoms with van der Waals surface area (Å²) >= 11 is 0. The van der Waals surface area contributed by atoms with Crippen molar-refractivity contribution < 1.29 is 19.4 Å². The molecule has 0 saturated carbocycles. The second-order valence-corrected chi connectivity index (χ2v) is 6.55. The number of nitrogens with one attached hydrogen (secondary N) is 2. The van der Waals surface area contributed by atoms with E-state index in [1.165, 1.54) is 0 Å². The smallest absolute Gasteiger partial charge is 0.251 e. The van der Waals surface area contributed by atoms with Crippen LogP contribution in [0.5, 0.6) is 0 Å². The number of nitrogens with zero attached hydrogens (tertiary/aromatic N) is 1. The van der Waals surface area contributed by atoms with Gasteiger partial charge >= 0.3 is 0 Å². The van der Waals surface area contributed by atoms with Crippen molar-refractivity contribution in [2.45, 2.75) is 25.9 Å². The van der Waals surface area contributed by atoms with E-state index in [-0.39, 0.29) is 18.4 Å². The van der Waals surface area contributed by atoms with Crippen LogP contribution in [0.4, 0.5) is 5.69 Å². The number of rotatable bonds is 7. The number of carbonyl (C=O) groups is 2. The van der Waals surface area contributed by atoms with Gasteiger partial charge in [-0.15, -0.1) is 0 Å². The van der Waals surface area contributed by atoms with E-state index >= 15 is 0 Å². The first-order valence-electron chi connectivity index (χ1n) is 8.60. The summed E-state index contributed by atoms with van der Waals surface area (Å²) in [6.45, 7) is 6.99. The fourth-order valence-corrected chi connectivity index (χ4v) is 2.66. The van der Waals surface area contributed by atoms with E-state index in [1.807, 2.05) is 0 Å². The highest BCUT2D eigenvalue weighted by Gasteiger charge is 2.26. The number of hydrogen-bond acceptors (Lipinski definition) is 5. The van der Waals surface area contributed by atoms with Gasteiger partial charge in [0.25, 0.3) is 5.91 Å². The Labute approximate surface area is 148 Å². The lowest BCUT2D eigenvalue weighted by Crippen LogP contribution is -2.51. The molecule has 2 amide bonds. The Morgan fingerprint density at radius 2 is 2.04 bits per heavy atom. The molecule has 138 valence electrons. The molecule has 2 rings (SSSR count). The maximum Gasteiger partial charge on any atom is 0.251 e. The molecule has 0 spiro atoms. The van der Waals surface area contributed by atoms with E-state index in [1.54, 1.807) is 38.1 Å². The molecule has 0 bridgehead atoms. The van der Waals surface area contributed by atoms with E-state index in [2.05, 4.69) is 15.5 Å². The molecular weight excluding hydrogens is 322 g/mol. The average Bonchev–Trinajstić information content (AvgIpc) is 2.60. The van der Waals surface area contributed by atoms with Crippen LogP contribution >= 0.6 is 0 Å². The second kappa shape index (κ2) is 8.94. The molecule has 1 aliphatic rings. The number of carbonyl (C=O) groups excluding carboxylic acids is 2. The molecule has 1 heterocycles. The highest BCUT2D eigenvalue weighted by atomic mass is 16.5. The van der Waals surface area contributed by atoms with Crippen molar-refractivity contribution in [3.8, 4) is 0 Å². The van der Waals surface area contributed by atoms with Crippen LogP contribution in [-0.2, 0) is 9.53 Å². The van der Waals surface area contributed by atoms with Crippen molar-refractivity contribution in [1.82, 2.24) is 10.2 Å². The lowest BCUT2D eigenvalue weighted by atomic mass is 10.1. The van der Waals surface area contributed by atoms with Gasteiger partial charge < -0.3 is 20.5 Å². The van der Waals surface area contributed by atoms with Gasteiger partial charge in [-0.05, 0) is 25.1 Å². The summed E-state index contributed by atoms with van der Waals surface area (Å²) in [6, 6.07) is 6.75. The lowest BCUT2D eigenvalue weighted by molar-refractivity contribution is -0.115. The minimum atomic E-state index is -1.03. The quantitative estimate of drug-likeness (QED) is 0.679. The first-order valence-corrected chi connectivity index (χ1v) is 8.60. The first kappa shape index (κ1) is 19.4. The molecule has 3 N–H and O–H groups in total. The van der Waals surface area contributed by atoms with Crippen LogP contribution in [0.2, 0.25) is 0 Å². The Hall–Kier alpha value is -1.96. The predicted octanol–water partition coefficient (Wildman–Crippen LogP) is 0.848. The number of morpholine rings is 1. The highest BCUT2D eigenvalue weighted by molar-refractivity contribution is 5.97. The molecule has 0 radical (unpaired) electrons. The van der Waals surface area contributed by atoms with Gasteiger partial charge in [0.1, 0.15) is 0 Å². The third kappa shape index (κ3) is 6.45. The molecule has 1 aromatic carbocycles. The van der Waals surface area contributed by atoms with Crippen molar-refractivity contribution in [2.24, 2.45) is 0 Å². The Balaban J connectivity index is 1.88. The standard InChI is InChI=1S/C18H27N3O4/c1-3-16(22)20-15-6-4-5-14(11-15)17(23)19-12-18(2,24)13-21-7-9-25-10-8-21/h4-6,11,24H,3,7-10,12-13H2,1-2H3,(H,19,23)(H,20,22). The summed E-state index contributed by atoms with van der Waals surface area (Å²) < 4.78 is 5.29. The van der Waals surface area contributed by atoms with Gasteiger partial charge in [-0.3, -0.25) is 14.5 Å². The molecular formula is C18H27N3O4. The van der Waals surface area contributed by atoms with Crippen molar-refractivity contribution in [3.05, 3.63) is 29.8 Å². The molecule has 1 aromatic rings. The molecule has 1 unspecified atom stereocenters. The van der Waals surface area contributed by atoms with E-state index < -0.39 is 5.60 Å². The topological polar surface area (TPSA) is 90.9 Å². The molecule has 0 aromatic heterocycles. The number of hydrogen-bond donors (Lipinski definition) is 3. The normalized spacial score (nSPS) is 17.6. The molecule has 1 saturated heterocycles. The summed E-state index contributed by atoms with van der Waals surface area (Å²) in [7, 11) is 0. The molecule has 7 heteroatoms. The molecule has 0 aliphatic carbocycles. The zero-order valence-corrected chi connectivity index (χ0v) is 14.9. The largest absolute Gasteiger partial charge is 0.387 e. The maximum atomic E-state index is 12.3.